The Kier molecular flexibility index (Phi) is 6.60. The van der Waals surface area contributed by atoms with Gasteiger partial charge < -0.3 is 14.8 Å². The number of hydrogen-bond acceptors (Lipinski definition) is 3. The minimum atomic E-state index is -0.147. The summed E-state index contributed by atoms with van der Waals surface area (Å²) in [6.45, 7) is 12.7. The first-order valence-corrected chi connectivity index (χ1v) is 6.75. The molecule has 1 N–H and O–H groups in total. The fourth-order valence-corrected chi connectivity index (χ4v) is 1.88. The third kappa shape index (κ3) is 5.90. The Balaban J connectivity index is 2.50. The number of hydrogen-bond donors (Lipinski definition) is 1. The predicted molar refractivity (Wildman–Crippen MR) is 79.5 cm³/mol. The molecule has 0 radical (unpaired) electrons. The molecule has 0 aliphatic heterocycles. The highest BCUT2D eigenvalue weighted by Crippen LogP contribution is 2.18. The van der Waals surface area contributed by atoms with E-state index >= 15 is 0 Å². The summed E-state index contributed by atoms with van der Waals surface area (Å²) in [5.41, 5.74) is 1.00. The van der Waals surface area contributed by atoms with E-state index in [9.17, 15) is 0 Å². The Bertz CT molecular complexity index is 388. The molecule has 0 heterocycles. The predicted octanol–water partition coefficient (Wildman–Crippen LogP) is 3.16. The summed E-state index contributed by atoms with van der Waals surface area (Å²) in [5.74, 6) is 0.907. The molecule has 0 fully saturated rings. The second kappa shape index (κ2) is 7.97. The van der Waals surface area contributed by atoms with Gasteiger partial charge in [-0.25, -0.2) is 0 Å². The van der Waals surface area contributed by atoms with Gasteiger partial charge in [0.1, 0.15) is 12.4 Å². The normalized spacial score (nSPS) is 11.3. The van der Waals surface area contributed by atoms with Crippen molar-refractivity contribution in [1.29, 1.82) is 0 Å². The van der Waals surface area contributed by atoms with Gasteiger partial charge in [0.25, 0.3) is 0 Å². The van der Waals surface area contributed by atoms with Crippen molar-refractivity contribution in [3.05, 3.63) is 42.5 Å². The molecule has 0 spiro atoms. The molecule has 0 aliphatic carbocycles. The summed E-state index contributed by atoms with van der Waals surface area (Å²) in [5, 5.41) is 3.41. The standard InChI is InChI=1S/C16H25NO2/c1-5-11-18-15-10-8-7-9-14(15)12-17-13-16(3,4)19-6-2/h5,7-10,17H,1,6,11-13H2,2-4H3. The van der Waals surface area contributed by atoms with Crippen LogP contribution < -0.4 is 10.1 Å². The summed E-state index contributed by atoms with van der Waals surface area (Å²) in [7, 11) is 0. The van der Waals surface area contributed by atoms with Crippen LogP contribution in [0.15, 0.2) is 36.9 Å². The van der Waals surface area contributed by atoms with Crippen LogP contribution in [-0.2, 0) is 11.3 Å². The molecule has 0 saturated heterocycles. The van der Waals surface area contributed by atoms with Crippen LogP contribution in [-0.4, -0.2) is 25.4 Å². The van der Waals surface area contributed by atoms with E-state index in [1.54, 1.807) is 6.08 Å². The van der Waals surface area contributed by atoms with Gasteiger partial charge >= 0.3 is 0 Å². The summed E-state index contributed by atoms with van der Waals surface area (Å²) in [6.07, 6.45) is 1.75. The van der Waals surface area contributed by atoms with Crippen molar-refractivity contribution in [3.63, 3.8) is 0 Å². The third-order valence-electron chi connectivity index (χ3n) is 2.73. The van der Waals surface area contributed by atoms with Crippen molar-refractivity contribution in [2.75, 3.05) is 19.8 Å². The maximum absolute atomic E-state index is 5.66. The molecular weight excluding hydrogens is 238 g/mol. The maximum Gasteiger partial charge on any atom is 0.124 e. The smallest absolute Gasteiger partial charge is 0.124 e. The zero-order valence-electron chi connectivity index (χ0n) is 12.2. The van der Waals surface area contributed by atoms with Crippen LogP contribution in [0.3, 0.4) is 0 Å². The Morgan fingerprint density at radius 3 is 2.74 bits per heavy atom. The fourth-order valence-electron chi connectivity index (χ4n) is 1.88. The molecule has 0 aliphatic rings. The lowest BCUT2D eigenvalue weighted by atomic mass is 10.1. The van der Waals surface area contributed by atoms with Crippen molar-refractivity contribution in [2.24, 2.45) is 0 Å². The van der Waals surface area contributed by atoms with E-state index in [0.717, 1.165) is 31.0 Å². The molecule has 3 heteroatoms. The molecule has 19 heavy (non-hydrogen) atoms. The van der Waals surface area contributed by atoms with E-state index in [4.69, 9.17) is 9.47 Å². The van der Waals surface area contributed by atoms with Gasteiger partial charge in [-0.1, -0.05) is 30.9 Å². The summed E-state index contributed by atoms with van der Waals surface area (Å²) < 4.78 is 11.3. The highest BCUT2D eigenvalue weighted by molar-refractivity contribution is 5.33. The second-order valence-corrected chi connectivity index (χ2v) is 5.00. The minimum absolute atomic E-state index is 0.147. The summed E-state index contributed by atoms with van der Waals surface area (Å²) in [6, 6.07) is 8.05. The molecule has 0 aromatic heterocycles. The van der Waals surface area contributed by atoms with Gasteiger partial charge in [0.2, 0.25) is 0 Å². The molecule has 0 atom stereocenters. The van der Waals surface area contributed by atoms with E-state index in [2.05, 4.69) is 31.8 Å². The van der Waals surface area contributed by atoms with E-state index in [0.29, 0.717) is 6.61 Å². The van der Waals surface area contributed by atoms with Crippen LogP contribution in [0.4, 0.5) is 0 Å². The van der Waals surface area contributed by atoms with E-state index < -0.39 is 0 Å². The topological polar surface area (TPSA) is 30.5 Å². The van der Waals surface area contributed by atoms with Crippen LogP contribution in [0.5, 0.6) is 5.75 Å². The molecular formula is C16H25NO2. The number of rotatable bonds is 9. The van der Waals surface area contributed by atoms with Crippen molar-refractivity contribution < 1.29 is 9.47 Å². The van der Waals surface area contributed by atoms with Crippen molar-refractivity contribution >= 4 is 0 Å². The van der Waals surface area contributed by atoms with Gasteiger partial charge in [-0.05, 0) is 26.8 Å². The molecule has 0 unspecified atom stereocenters. The molecule has 1 aromatic carbocycles. The first kappa shape index (κ1) is 15.7. The number of ether oxygens (including phenoxy) is 2. The number of nitrogens with one attached hydrogen (secondary N) is 1. The minimum Gasteiger partial charge on any atom is -0.489 e. The average molecular weight is 263 g/mol. The molecule has 0 saturated carbocycles. The Labute approximate surface area is 116 Å². The van der Waals surface area contributed by atoms with E-state index in [-0.39, 0.29) is 5.60 Å². The Morgan fingerprint density at radius 2 is 2.05 bits per heavy atom. The van der Waals surface area contributed by atoms with Crippen LogP contribution in [0.2, 0.25) is 0 Å². The molecule has 0 amide bonds. The third-order valence-corrected chi connectivity index (χ3v) is 2.73. The SMILES string of the molecule is C=CCOc1ccccc1CNCC(C)(C)OCC. The zero-order chi connectivity index (χ0) is 14.1. The molecule has 1 aromatic rings. The molecule has 0 bridgehead atoms. The first-order valence-electron chi connectivity index (χ1n) is 6.75. The van der Waals surface area contributed by atoms with E-state index in [1.807, 2.05) is 25.1 Å². The van der Waals surface area contributed by atoms with Gasteiger partial charge in [0, 0.05) is 25.3 Å². The fraction of sp³-hybridized carbons (Fsp3) is 0.500. The lowest BCUT2D eigenvalue weighted by Crippen LogP contribution is -2.37. The lowest BCUT2D eigenvalue weighted by Gasteiger charge is -2.25. The van der Waals surface area contributed by atoms with Crippen molar-refractivity contribution in [2.45, 2.75) is 32.9 Å². The highest BCUT2D eigenvalue weighted by Gasteiger charge is 2.16. The number of para-hydroxylation sites is 1. The number of benzene rings is 1. The van der Waals surface area contributed by atoms with Crippen molar-refractivity contribution in [1.82, 2.24) is 5.32 Å². The quantitative estimate of drug-likeness (QED) is 0.694. The van der Waals surface area contributed by atoms with E-state index in [1.165, 1.54) is 0 Å². The van der Waals surface area contributed by atoms with Crippen LogP contribution in [0.25, 0.3) is 0 Å². The molecule has 106 valence electrons. The van der Waals surface area contributed by atoms with Crippen LogP contribution >= 0.6 is 0 Å². The monoisotopic (exact) mass is 263 g/mol. The largest absolute Gasteiger partial charge is 0.489 e. The average Bonchev–Trinajstić information content (AvgIpc) is 2.37. The van der Waals surface area contributed by atoms with Crippen LogP contribution in [0.1, 0.15) is 26.3 Å². The van der Waals surface area contributed by atoms with Crippen molar-refractivity contribution in [3.8, 4) is 5.75 Å². The second-order valence-electron chi connectivity index (χ2n) is 5.00. The van der Waals surface area contributed by atoms with Gasteiger partial charge in [-0.2, -0.15) is 0 Å². The molecule has 3 nitrogen and oxygen atoms in total. The summed E-state index contributed by atoms with van der Waals surface area (Å²) >= 11 is 0. The van der Waals surface area contributed by atoms with Crippen LogP contribution in [0, 0.1) is 0 Å². The first-order chi connectivity index (χ1) is 9.09. The van der Waals surface area contributed by atoms with Gasteiger partial charge in [-0.3, -0.25) is 0 Å². The maximum atomic E-state index is 5.66. The lowest BCUT2D eigenvalue weighted by molar-refractivity contribution is -0.00900. The van der Waals surface area contributed by atoms with Gasteiger partial charge in [0.15, 0.2) is 0 Å². The van der Waals surface area contributed by atoms with Gasteiger partial charge in [-0.15, -0.1) is 0 Å². The zero-order valence-corrected chi connectivity index (χ0v) is 12.2. The highest BCUT2D eigenvalue weighted by atomic mass is 16.5. The van der Waals surface area contributed by atoms with Gasteiger partial charge in [0.05, 0.1) is 5.60 Å². The Morgan fingerprint density at radius 1 is 1.32 bits per heavy atom. The Hall–Kier alpha value is -1.32. The molecule has 1 rings (SSSR count). The summed E-state index contributed by atoms with van der Waals surface area (Å²) in [4.78, 5) is 0.